The largest absolute Gasteiger partial charge is 0.494 e. The topological polar surface area (TPSA) is 24.5 Å². The minimum absolute atomic E-state index is 0.146. The maximum absolute atomic E-state index is 13.6. The quantitative estimate of drug-likeness (QED) is 0.821. The molecule has 0 spiro atoms. The van der Waals surface area contributed by atoms with Gasteiger partial charge in [0.15, 0.2) is 11.6 Å². The monoisotopic (exact) mass is 266 g/mol. The maximum Gasteiger partial charge on any atom is 0.165 e. The van der Waals surface area contributed by atoms with E-state index in [1.807, 2.05) is 6.07 Å². The molecule has 1 aromatic rings. The number of hydrogen-bond acceptors (Lipinski definition) is 3. The Morgan fingerprint density at radius 1 is 1.47 bits per heavy atom. The van der Waals surface area contributed by atoms with E-state index in [-0.39, 0.29) is 11.9 Å². The van der Waals surface area contributed by atoms with Crippen LogP contribution in [0.2, 0.25) is 0 Å². The zero-order valence-corrected chi connectivity index (χ0v) is 11.9. The van der Waals surface area contributed by atoms with Gasteiger partial charge in [-0.3, -0.25) is 0 Å². The summed E-state index contributed by atoms with van der Waals surface area (Å²) in [5, 5.41) is 3.43. The van der Waals surface area contributed by atoms with Gasteiger partial charge in [0.1, 0.15) is 0 Å². The number of rotatable bonds is 7. The van der Waals surface area contributed by atoms with E-state index in [2.05, 4.69) is 24.2 Å². The van der Waals surface area contributed by atoms with Gasteiger partial charge in [0.2, 0.25) is 0 Å². The molecule has 0 bridgehead atoms. The van der Waals surface area contributed by atoms with Crippen LogP contribution in [0.5, 0.6) is 5.75 Å². The van der Waals surface area contributed by atoms with Gasteiger partial charge in [0, 0.05) is 25.2 Å². The van der Waals surface area contributed by atoms with E-state index < -0.39 is 0 Å². The average molecular weight is 266 g/mol. The lowest BCUT2D eigenvalue weighted by molar-refractivity contribution is 0.316. The van der Waals surface area contributed by atoms with Crippen molar-refractivity contribution in [2.24, 2.45) is 0 Å². The molecule has 0 heterocycles. The van der Waals surface area contributed by atoms with E-state index in [1.165, 1.54) is 20.0 Å². The third-order valence-corrected chi connectivity index (χ3v) is 3.76. The lowest BCUT2D eigenvalue weighted by atomic mass is 10.1. The van der Waals surface area contributed by atoms with Crippen LogP contribution < -0.4 is 10.1 Å². The molecule has 19 heavy (non-hydrogen) atoms. The van der Waals surface area contributed by atoms with E-state index >= 15 is 0 Å². The summed E-state index contributed by atoms with van der Waals surface area (Å²) < 4.78 is 18.5. The maximum atomic E-state index is 13.6. The molecule has 1 aromatic carbocycles. The van der Waals surface area contributed by atoms with Gasteiger partial charge in [-0.2, -0.15) is 0 Å². The molecule has 0 saturated heterocycles. The van der Waals surface area contributed by atoms with E-state index in [0.29, 0.717) is 5.75 Å². The smallest absolute Gasteiger partial charge is 0.165 e. The van der Waals surface area contributed by atoms with Crippen LogP contribution >= 0.6 is 0 Å². The predicted molar refractivity (Wildman–Crippen MR) is 75.0 cm³/mol. The molecular formula is C15H23FN2O. The second-order valence-corrected chi connectivity index (χ2v) is 5.28. The van der Waals surface area contributed by atoms with Crippen molar-refractivity contribution in [3.63, 3.8) is 0 Å². The molecular weight excluding hydrogens is 243 g/mol. The molecule has 1 N–H and O–H groups in total. The number of benzene rings is 1. The zero-order valence-electron chi connectivity index (χ0n) is 11.9. The highest BCUT2D eigenvalue weighted by atomic mass is 19.1. The first-order valence-corrected chi connectivity index (χ1v) is 6.89. The summed E-state index contributed by atoms with van der Waals surface area (Å²) in [5.74, 6) is -0.00633. The molecule has 1 saturated carbocycles. The average Bonchev–Trinajstić information content (AvgIpc) is 3.22. The Balaban J connectivity index is 1.81. The highest BCUT2D eigenvalue weighted by molar-refractivity contribution is 5.30. The lowest BCUT2D eigenvalue weighted by Gasteiger charge is -2.19. The third-order valence-electron chi connectivity index (χ3n) is 3.76. The second kappa shape index (κ2) is 6.35. The number of likely N-dealkylation sites (N-methyl/N-ethyl adjacent to an activating group) is 1. The molecule has 0 aromatic heterocycles. The van der Waals surface area contributed by atoms with Crippen LogP contribution in [-0.2, 0) is 0 Å². The molecule has 4 heteroatoms. The molecule has 1 unspecified atom stereocenters. The van der Waals surface area contributed by atoms with Crippen molar-refractivity contribution in [2.75, 3.05) is 27.2 Å². The normalized spacial score (nSPS) is 16.7. The predicted octanol–water partition coefficient (Wildman–Crippen LogP) is 2.58. The summed E-state index contributed by atoms with van der Waals surface area (Å²) >= 11 is 0. The number of ether oxygens (including phenoxy) is 1. The number of nitrogens with one attached hydrogen (secondary N) is 1. The standard InChI is InChI=1S/C15H23FN2O/c1-11(17-8-9-18(2)13-5-6-13)12-4-7-15(19-3)14(16)10-12/h4,7,10-11,13,17H,5-6,8-9H2,1-3H3. The van der Waals surface area contributed by atoms with Crippen LogP contribution in [-0.4, -0.2) is 38.2 Å². The summed E-state index contributed by atoms with van der Waals surface area (Å²) in [6.07, 6.45) is 2.66. The van der Waals surface area contributed by atoms with E-state index in [1.54, 1.807) is 12.1 Å². The Morgan fingerprint density at radius 2 is 2.21 bits per heavy atom. The number of halogens is 1. The minimum Gasteiger partial charge on any atom is -0.494 e. The van der Waals surface area contributed by atoms with Crippen molar-refractivity contribution in [2.45, 2.75) is 31.8 Å². The molecule has 2 rings (SSSR count). The van der Waals surface area contributed by atoms with Crippen LogP contribution in [0.3, 0.4) is 0 Å². The molecule has 1 atom stereocenters. The Morgan fingerprint density at radius 3 is 2.79 bits per heavy atom. The van der Waals surface area contributed by atoms with Gasteiger partial charge in [-0.1, -0.05) is 6.07 Å². The molecule has 3 nitrogen and oxygen atoms in total. The van der Waals surface area contributed by atoms with Crippen molar-refractivity contribution in [3.05, 3.63) is 29.6 Å². The first-order chi connectivity index (χ1) is 9.11. The van der Waals surface area contributed by atoms with Crippen molar-refractivity contribution < 1.29 is 9.13 Å². The summed E-state index contributed by atoms with van der Waals surface area (Å²) in [5.41, 5.74) is 0.951. The third kappa shape index (κ3) is 3.91. The first kappa shape index (κ1) is 14.3. The second-order valence-electron chi connectivity index (χ2n) is 5.28. The summed E-state index contributed by atoms with van der Waals surface area (Å²) in [7, 11) is 3.64. The van der Waals surface area contributed by atoms with Gasteiger partial charge in [-0.15, -0.1) is 0 Å². The molecule has 1 aliphatic rings. The van der Waals surface area contributed by atoms with Crippen molar-refractivity contribution >= 4 is 0 Å². The van der Waals surface area contributed by atoms with Gasteiger partial charge in [0.25, 0.3) is 0 Å². The summed E-state index contributed by atoms with van der Waals surface area (Å²) in [6.45, 7) is 4.01. The Kier molecular flexibility index (Phi) is 4.77. The van der Waals surface area contributed by atoms with E-state index in [9.17, 15) is 4.39 Å². The van der Waals surface area contributed by atoms with Crippen LogP contribution in [0.15, 0.2) is 18.2 Å². The molecule has 0 amide bonds. The van der Waals surface area contributed by atoms with Crippen LogP contribution in [0.1, 0.15) is 31.4 Å². The van der Waals surface area contributed by atoms with Gasteiger partial charge in [-0.05, 0) is 44.5 Å². The summed E-state index contributed by atoms with van der Waals surface area (Å²) in [6, 6.07) is 6.06. The zero-order chi connectivity index (χ0) is 13.8. The van der Waals surface area contributed by atoms with Crippen LogP contribution in [0, 0.1) is 5.82 Å². The Bertz CT molecular complexity index is 421. The fourth-order valence-electron chi connectivity index (χ4n) is 2.23. The number of methoxy groups -OCH3 is 1. The highest BCUT2D eigenvalue weighted by Gasteiger charge is 2.25. The minimum atomic E-state index is -0.302. The van der Waals surface area contributed by atoms with Gasteiger partial charge >= 0.3 is 0 Å². The molecule has 106 valence electrons. The van der Waals surface area contributed by atoms with Crippen molar-refractivity contribution in [1.29, 1.82) is 0 Å². The van der Waals surface area contributed by atoms with Crippen molar-refractivity contribution in [1.82, 2.24) is 10.2 Å². The fourth-order valence-corrected chi connectivity index (χ4v) is 2.23. The SMILES string of the molecule is COc1ccc(C(C)NCCN(C)C2CC2)cc1F. The molecule has 1 fully saturated rings. The highest BCUT2D eigenvalue weighted by Crippen LogP contribution is 2.25. The lowest BCUT2D eigenvalue weighted by Crippen LogP contribution is -2.32. The van der Waals surface area contributed by atoms with Crippen LogP contribution in [0.4, 0.5) is 4.39 Å². The fraction of sp³-hybridized carbons (Fsp3) is 0.600. The first-order valence-electron chi connectivity index (χ1n) is 6.89. The molecule has 0 radical (unpaired) electrons. The Hall–Kier alpha value is -1.13. The van der Waals surface area contributed by atoms with Crippen LogP contribution in [0.25, 0.3) is 0 Å². The molecule has 0 aliphatic heterocycles. The number of nitrogens with zero attached hydrogens (tertiary/aromatic N) is 1. The number of hydrogen-bond donors (Lipinski definition) is 1. The molecule has 1 aliphatic carbocycles. The Labute approximate surface area is 114 Å². The van der Waals surface area contributed by atoms with Gasteiger partial charge in [-0.25, -0.2) is 4.39 Å². The van der Waals surface area contributed by atoms with E-state index in [0.717, 1.165) is 24.7 Å². The van der Waals surface area contributed by atoms with E-state index in [4.69, 9.17) is 4.74 Å². The summed E-state index contributed by atoms with van der Waals surface area (Å²) in [4.78, 5) is 2.38. The van der Waals surface area contributed by atoms with Gasteiger partial charge < -0.3 is 15.0 Å². The van der Waals surface area contributed by atoms with Gasteiger partial charge in [0.05, 0.1) is 7.11 Å². The van der Waals surface area contributed by atoms with Crippen molar-refractivity contribution in [3.8, 4) is 5.75 Å².